The molecule has 0 aliphatic carbocycles. The lowest BCUT2D eigenvalue weighted by Gasteiger charge is -2.32. The summed E-state index contributed by atoms with van der Waals surface area (Å²) in [4.78, 5) is 11.4. The number of nitrogens with zero attached hydrogens (tertiary/aromatic N) is 5. The third-order valence-corrected chi connectivity index (χ3v) is 6.42. The lowest BCUT2D eigenvalue weighted by Crippen LogP contribution is -2.43. The maximum absolute atomic E-state index is 12.6. The first-order chi connectivity index (χ1) is 12.7. The van der Waals surface area contributed by atoms with Crippen molar-refractivity contribution in [1.29, 1.82) is 0 Å². The predicted molar refractivity (Wildman–Crippen MR) is 90.4 cm³/mol. The van der Waals surface area contributed by atoms with Crippen molar-refractivity contribution in [2.45, 2.75) is 24.9 Å². The molecule has 0 bridgehead atoms. The van der Waals surface area contributed by atoms with Gasteiger partial charge >= 0.3 is 6.18 Å². The minimum atomic E-state index is -4.78. The van der Waals surface area contributed by atoms with E-state index in [-0.39, 0.29) is 19.0 Å². The summed E-state index contributed by atoms with van der Waals surface area (Å²) in [7, 11) is -4.44. The van der Waals surface area contributed by atoms with Crippen LogP contribution in [-0.2, 0) is 10.0 Å². The summed E-state index contributed by atoms with van der Waals surface area (Å²) in [6.45, 7) is 0.00999. The quantitative estimate of drug-likeness (QED) is 0.721. The molecule has 1 saturated heterocycles. The molecule has 0 aromatic carbocycles. The molecule has 1 atom stereocenters. The average molecular weight is 400 g/mol. The second-order valence-electron chi connectivity index (χ2n) is 6.47. The van der Waals surface area contributed by atoms with Crippen molar-refractivity contribution in [2.24, 2.45) is 0 Å². The van der Waals surface area contributed by atoms with Crippen LogP contribution in [0.5, 0.6) is 0 Å². The Morgan fingerprint density at radius 2 is 2.07 bits per heavy atom. The van der Waals surface area contributed by atoms with Gasteiger partial charge in [-0.25, -0.2) is 22.7 Å². The van der Waals surface area contributed by atoms with E-state index in [2.05, 4.69) is 25.1 Å². The van der Waals surface area contributed by atoms with Crippen LogP contribution in [0, 0.1) is 0 Å². The van der Waals surface area contributed by atoms with Gasteiger partial charge in [0.05, 0.1) is 11.1 Å². The van der Waals surface area contributed by atoms with E-state index in [1.807, 2.05) is 0 Å². The number of piperidine rings is 1. The zero-order valence-corrected chi connectivity index (χ0v) is 14.8. The number of aromatic nitrogens is 5. The van der Waals surface area contributed by atoms with Crippen LogP contribution >= 0.6 is 0 Å². The van der Waals surface area contributed by atoms with Crippen LogP contribution in [0.1, 0.15) is 24.5 Å². The number of alkyl halides is 3. The molecule has 12 heteroatoms. The minimum absolute atomic E-state index is 0.0568. The van der Waals surface area contributed by atoms with E-state index in [0.717, 1.165) is 9.69 Å². The molecule has 1 N–H and O–H groups in total. The number of hydrogen-bond donors (Lipinski definition) is 1. The second kappa shape index (κ2) is 6.37. The summed E-state index contributed by atoms with van der Waals surface area (Å²) in [5.41, 5.74) is 1.48. The molecule has 0 amide bonds. The average Bonchev–Trinajstić information content (AvgIpc) is 3.08. The molecule has 1 aliphatic heterocycles. The van der Waals surface area contributed by atoms with Gasteiger partial charge in [-0.2, -0.15) is 13.2 Å². The lowest BCUT2D eigenvalue weighted by molar-refractivity contribution is -0.107. The molecule has 1 fully saturated rings. The highest BCUT2D eigenvalue weighted by Gasteiger charge is 2.40. The normalized spacial score (nSPS) is 19.7. The molecule has 4 heterocycles. The van der Waals surface area contributed by atoms with Crippen LogP contribution in [-0.4, -0.2) is 62.9 Å². The molecular weight excluding hydrogens is 385 g/mol. The Kier molecular flexibility index (Phi) is 4.26. The van der Waals surface area contributed by atoms with Crippen molar-refractivity contribution in [3.05, 3.63) is 24.3 Å². The number of sulfonamides is 1. The van der Waals surface area contributed by atoms with Gasteiger partial charge in [0, 0.05) is 30.6 Å². The molecule has 1 unspecified atom stereocenters. The van der Waals surface area contributed by atoms with Crippen molar-refractivity contribution in [2.75, 3.05) is 18.8 Å². The monoisotopic (exact) mass is 400 g/mol. The number of fused-ring (bicyclic) bond motifs is 3. The van der Waals surface area contributed by atoms with E-state index in [9.17, 15) is 21.6 Å². The first-order valence-electron chi connectivity index (χ1n) is 8.23. The third-order valence-electron chi connectivity index (χ3n) is 4.61. The van der Waals surface area contributed by atoms with Crippen molar-refractivity contribution in [1.82, 2.24) is 29.5 Å². The second-order valence-corrected chi connectivity index (χ2v) is 8.43. The Labute approximate surface area is 151 Å². The van der Waals surface area contributed by atoms with Crippen molar-refractivity contribution in [3.63, 3.8) is 0 Å². The highest BCUT2D eigenvalue weighted by Crippen LogP contribution is 2.34. The summed E-state index contributed by atoms with van der Waals surface area (Å²) in [6.07, 6.45) is -0.717. The smallest absolute Gasteiger partial charge is 0.345 e. The van der Waals surface area contributed by atoms with Gasteiger partial charge in [-0.15, -0.1) is 10.2 Å². The minimum Gasteiger partial charge on any atom is -0.345 e. The molecule has 3 aromatic heterocycles. The largest absolute Gasteiger partial charge is 0.404 e. The number of rotatable bonds is 3. The Morgan fingerprint density at radius 1 is 1.26 bits per heavy atom. The highest BCUT2D eigenvalue weighted by atomic mass is 32.2. The Morgan fingerprint density at radius 3 is 2.85 bits per heavy atom. The zero-order chi connectivity index (χ0) is 19.2. The van der Waals surface area contributed by atoms with Gasteiger partial charge in [-0.3, -0.25) is 0 Å². The van der Waals surface area contributed by atoms with Crippen molar-refractivity contribution in [3.8, 4) is 0 Å². The van der Waals surface area contributed by atoms with Crippen LogP contribution in [0.15, 0.2) is 18.6 Å². The summed E-state index contributed by atoms with van der Waals surface area (Å²) in [6, 6.07) is 1.79. The number of H-pyrrole nitrogens is 1. The molecule has 0 saturated carbocycles. The van der Waals surface area contributed by atoms with Crippen molar-refractivity contribution < 1.29 is 21.6 Å². The first-order valence-corrected chi connectivity index (χ1v) is 9.84. The fraction of sp³-hybridized carbons (Fsp3) is 0.467. The topological polar surface area (TPSA) is 105 Å². The number of halogens is 3. The molecular formula is C15H15F3N6O2S. The van der Waals surface area contributed by atoms with Gasteiger partial charge in [0.1, 0.15) is 6.33 Å². The van der Waals surface area contributed by atoms with E-state index >= 15 is 0 Å². The summed E-state index contributed by atoms with van der Waals surface area (Å²) in [5, 5.41) is 9.45. The Balaban J connectivity index is 1.73. The molecule has 1 aliphatic rings. The van der Waals surface area contributed by atoms with Crippen LogP contribution in [0.4, 0.5) is 13.2 Å². The van der Waals surface area contributed by atoms with E-state index in [1.165, 1.54) is 6.33 Å². The first kappa shape index (κ1) is 18.0. The van der Waals surface area contributed by atoms with Crippen molar-refractivity contribution >= 4 is 32.1 Å². The summed E-state index contributed by atoms with van der Waals surface area (Å²) in [5.74, 6) is -2.21. The fourth-order valence-corrected chi connectivity index (χ4v) is 4.90. The van der Waals surface area contributed by atoms with Gasteiger partial charge in [0.25, 0.3) is 0 Å². The third kappa shape index (κ3) is 3.46. The molecule has 144 valence electrons. The molecule has 27 heavy (non-hydrogen) atoms. The van der Waals surface area contributed by atoms with Gasteiger partial charge in [0.2, 0.25) is 10.0 Å². The van der Waals surface area contributed by atoms with Gasteiger partial charge in [-0.05, 0) is 18.9 Å². The maximum Gasteiger partial charge on any atom is 0.404 e. The molecule has 8 nitrogen and oxygen atoms in total. The highest BCUT2D eigenvalue weighted by molar-refractivity contribution is 7.89. The maximum atomic E-state index is 12.6. The van der Waals surface area contributed by atoms with Gasteiger partial charge < -0.3 is 4.98 Å². The number of nitrogens with one attached hydrogen (secondary N) is 1. The van der Waals surface area contributed by atoms with Crippen LogP contribution < -0.4 is 0 Å². The standard InChI is InChI=1S/C15H15F3N6O2S/c16-15(17,18)7-27(25,26)24-5-1-2-9(6-24)12-11-10-3-4-19-13(10)22-23-14(11)21-8-20-12/h3-4,8-9H,1-2,5-7H2,(H,19,22). The Hall–Kier alpha value is -2.34. The molecule has 0 spiro atoms. The van der Waals surface area contributed by atoms with E-state index in [1.54, 1.807) is 12.3 Å². The lowest BCUT2D eigenvalue weighted by atomic mass is 9.93. The summed E-state index contributed by atoms with van der Waals surface area (Å²) < 4.78 is 63.1. The van der Waals surface area contributed by atoms with E-state index in [0.29, 0.717) is 35.2 Å². The molecule has 4 rings (SSSR count). The van der Waals surface area contributed by atoms with E-state index in [4.69, 9.17) is 0 Å². The van der Waals surface area contributed by atoms with Crippen LogP contribution in [0.3, 0.4) is 0 Å². The Bertz CT molecular complexity index is 1100. The van der Waals surface area contributed by atoms with Crippen LogP contribution in [0.2, 0.25) is 0 Å². The molecule has 0 radical (unpaired) electrons. The van der Waals surface area contributed by atoms with E-state index < -0.39 is 22.0 Å². The van der Waals surface area contributed by atoms with Gasteiger partial charge in [-0.1, -0.05) is 0 Å². The number of hydrogen-bond acceptors (Lipinski definition) is 6. The number of aromatic amines is 1. The zero-order valence-electron chi connectivity index (χ0n) is 13.9. The fourth-order valence-electron chi connectivity index (χ4n) is 3.49. The van der Waals surface area contributed by atoms with Crippen LogP contribution in [0.25, 0.3) is 22.1 Å². The molecule has 3 aromatic rings. The SMILES string of the molecule is O=S(=O)(CC(F)(F)F)N1CCCC(c2ncnc3nnc4[nH]ccc4c23)C1. The predicted octanol–water partition coefficient (Wildman–Crippen LogP) is 1.97. The summed E-state index contributed by atoms with van der Waals surface area (Å²) >= 11 is 0. The van der Waals surface area contributed by atoms with Gasteiger partial charge in [0.15, 0.2) is 17.0 Å².